The van der Waals surface area contributed by atoms with Crippen LogP contribution < -0.4 is 5.32 Å². The number of aliphatic hydroxyl groups excluding tert-OH is 2. The van der Waals surface area contributed by atoms with Crippen LogP contribution >= 0.6 is 26.8 Å². The zero-order valence-corrected chi connectivity index (χ0v) is 24.1. The summed E-state index contributed by atoms with van der Waals surface area (Å²) < 4.78 is 34.9. The van der Waals surface area contributed by atoms with Gasteiger partial charge in [0.15, 0.2) is 17.8 Å². The van der Waals surface area contributed by atoms with Crippen LogP contribution in [0.25, 0.3) is 11.0 Å². The summed E-state index contributed by atoms with van der Waals surface area (Å²) in [4.78, 5) is 36.4. The molecule has 0 spiro atoms. The van der Waals surface area contributed by atoms with Crippen molar-refractivity contribution in [2.24, 2.45) is 17.8 Å². The Morgan fingerprint density at radius 3 is 2.44 bits per heavy atom. The number of hydrogen-bond donors (Lipinski definition) is 8. The number of aliphatic hydroxyl groups is 4. The molecule has 19 heteroatoms. The first-order valence-corrected chi connectivity index (χ1v) is 17.1. The zero-order valence-electron chi connectivity index (χ0n) is 21.6. The summed E-state index contributed by atoms with van der Waals surface area (Å²) in [6.07, 6.45) is 0.814. The van der Waals surface area contributed by atoms with Gasteiger partial charge in [-0.15, -0.1) is 0 Å². The fraction of sp³-hybridized carbons (Fsp3) is 0.773. The number of rotatable bonds is 9. The predicted octanol–water partition coefficient (Wildman–Crippen LogP) is 0.150. The largest absolute Gasteiger partial charge is 0.393 e. The van der Waals surface area contributed by atoms with Crippen LogP contribution in [0.5, 0.6) is 0 Å². The van der Waals surface area contributed by atoms with Gasteiger partial charge in [-0.2, -0.15) is 15.1 Å². The van der Waals surface area contributed by atoms with E-state index < -0.39 is 63.9 Å². The van der Waals surface area contributed by atoms with E-state index in [4.69, 9.17) is 30.6 Å². The van der Waals surface area contributed by atoms with Gasteiger partial charge in [0.2, 0.25) is 5.28 Å². The number of nitrogens with zero attached hydrogens (tertiary/aromatic N) is 4. The van der Waals surface area contributed by atoms with E-state index in [9.17, 15) is 34.4 Å². The Morgan fingerprint density at radius 2 is 1.83 bits per heavy atom. The van der Waals surface area contributed by atoms with Gasteiger partial charge in [-0.25, -0.2) is 4.68 Å². The molecule has 2 aromatic rings. The molecule has 1 saturated heterocycles. The van der Waals surface area contributed by atoms with Gasteiger partial charge in [-0.05, 0) is 61.5 Å². The van der Waals surface area contributed by atoms with Crippen molar-refractivity contribution in [3.63, 3.8) is 0 Å². The Morgan fingerprint density at radius 1 is 1.15 bits per heavy atom. The first-order chi connectivity index (χ1) is 19.1. The average molecular weight is 640 g/mol. The standard InChI is InChI=1S/C22H32ClN5O11P2/c23-20-26-17(25-15-11-1-10-2-12(15)5-21(31,3-10)4-11)13-6-24-28(18(13)27-20)19-16(30)22(32,8-29)14(39-19)7-38-41(36,37)9-40(33,34)35/h6,10-12,14-16,19,29-32H,1-5,7-9H2,(H,36,37)(H,25,26,27)(H2,33,34,35)/t10?,11-,12?,14+,15?,16-,19?,21?,22+/m0/s1. The molecule has 4 bridgehead atoms. The zero-order chi connectivity index (χ0) is 29.5. The molecule has 0 amide bonds. The maximum atomic E-state index is 12.1. The fourth-order valence-corrected chi connectivity index (χ4v) is 10.1. The first-order valence-electron chi connectivity index (χ1n) is 13.2. The Kier molecular flexibility index (Phi) is 7.37. The number of halogens is 1. The molecule has 8 N–H and O–H groups in total. The van der Waals surface area contributed by atoms with Crippen molar-refractivity contribution in [3.8, 4) is 0 Å². The van der Waals surface area contributed by atoms with Crippen molar-refractivity contribution in [1.82, 2.24) is 19.7 Å². The summed E-state index contributed by atoms with van der Waals surface area (Å²) >= 11 is 6.27. The van der Waals surface area contributed by atoms with Crippen LogP contribution in [0.4, 0.5) is 5.82 Å². The quantitative estimate of drug-likeness (QED) is 0.134. The number of hydrogen-bond acceptors (Lipinski definition) is 12. The van der Waals surface area contributed by atoms with Crippen LogP contribution in [-0.4, -0.2) is 103 Å². The molecule has 1 aliphatic heterocycles. The molecular formula is C22H32ClN5O11P2. The average Bonchev–Trinajstić information content (AvgIpc) is 3.36. The number of anilines is 1. The summed E-state index contributed by atoms with van der Waals surface area (Å²) in [6, 6.07) is 0.0565. The molecule has 5 aliphatic rings. The fourth-order valence-electron chi connectivity index (χ4n) is 7.40. The highest BCUT2D eigenvalue weighted by atomic mass is 35.5. The topological polar surface area (TPSA) is 250 Å². The number of fused-ring (bicyclic) bond motifs is 1. The maximum absolute atomic E-state index is 12.1. The lowest BCUT2D eigenvalue weighted by Crippen LogP contribution is -2.59. The highest BCUT2D eigenvalue weighted by Gasteiger charge is 2.57. The van der Waals surface area contributed by atoms with E-state index in [1.807, 2.05) is 0 Å². The van der Waals surface area contributed by atoms with Gasteiger partial charge in [-0.1, -0.05) is 0 Å². The number of aromatic nitrogens is 4. The lowest BCUT2D eigenvalue weighted by Gasteiger charge is -2.58. The third-order valence-corrected chi connectivity index (χ3v) is 12.5. The van der Waals surface area contributed by atoms with Gasteiger partial charge in [0.1, 0.15) is 23.6 Å². The lowest BCUT2D eigenvalue weighted by molar-refractivity contribution is -0.129. The van der Waals surface area contributed by atoms with Gasteiger partial charge in [0, 0.05) is 6.04 Å². The third-order valence-electron chi connectivity index (χ3n) is 8.90. The van der Waals surface area contributed by atoms with Crippen LogP contribution in [0.2, 0.25) is 5.28 Å². The second-order valence-electron chi connectivity index (χ2n) is 11.9. The summed E-state index contributed by atoms with van der Waals surface area (Å²) in [5.41, 5.74) is -2.88. The Labute approximate surface area is 238 Å². The normalized spacial score (nSPS) is 39.9. The van der Waals surface area contributed by atoms with Gasteiger partial charge in [0.05, 0.1) is 30.4 Å². The minimum absolute atomic E-state index is 0.0565. The van der Waals surface area contributed by atoms with Crippen molar-refractivity contribution < 1.29 is 53.5 Å². The van der Waals surface area contributed by atoms with E-state index >= 15 is 0 Å². The molecule has 7 rings (SSSR count). The van der Waals surface area contributed by atoms with E-state index in [1.54, 1.807) is 0 Å². The summed E-state index contributed by atoms with van der Waals surface area (Å²) in [5.74, 6) is -0.0309. The van der Waals surface area contributed by atoms with Gasteiger partial charge < -0.3 is 49.7 Å². The van der Waals surface area contributed by atoms with E-state index in [1.165, 1.54) is 6.20 Å². The Balaban J connectivity index is 1.25. The van der Waals surface area contributed by atoms with Crippen molar-refractivity contribution in [3.05, 3.63) is 11.5 Å². The molecule has 0 radical (unpaired) electrons. The highest BCUT2D eigenvalue weighted by molar-refractivity contribution is 7.70. The molecule has 228 valence electrons. The predicted molar refractivity (Wildman–Crippen MR) is 141 cm³/mol. The molecule has 2 aromatic heterocycles. The van der Waals surface area contributed by atoms with Crippen molar-refractivity contribution in [2.75, 3.05) is 24.4 Å². The van der Waals surface area contributed by atoms with Crippen molar-refractivity contribution >= 4 is 43.6 Å². The van der Waals surface area contributed by atoms with Crippen LogP contribution in [0.3, 0.4) is 0 Å². The van der Waals surface area contributed by atoms with Crippen LogP contribution in [0.1, 0.15) is 38.3 Å². The minimum atomic E-state index is -4.91. The second kappa shape index (κ2) is 10.1. The highest BCUT2D eigenvalue weighted by Crippen LogP contribution is 2.57. The van der Waals surface area contributed by atoms with Gasteiger partial charge in [-0.3, -0.25) is 9.13 Å². The molecule has 4 aliphatic carbocycles. The van der Waals surface area contributed by atoms with Crippen LogP contribution in [0, 0.1) is 17.8 Å². The molecule has 10 atom stereocenters. The van der Waals surface area contributed by atoms with Crippen LogP contribution in [-0.2, 0) is 18.4 Å². The molecule has 6 unspecified atom stereocenters. The van der Waals surface area contributed by atoms with Gasteiger partial charge >= 0.3 is 15.2 Å². The molecule has 3 heterocycles. The van der Waals surface area contributed by atoms with E-state index in [0.717, 1.165) is 23.9 Å². The second-order valence-corrected chi connectivity index (χ2v) is 16.2. The monoisotopic (exact) mass is 639 g/mol. The van der Waals surface area contributed by atoms with Crippen LogP contribution in [0.15, 0.2) is 6.20 Å². The number of ether oxygens (including phenoxy) is 1. The molecule has 16 nitrogen and oxygen atoms in total. The number of nitrogens with one attached hydrogen (secondary N) is 1. The first kappa shape index (κ1) is 29.8. The summed E-state index contributed by atoms with van der Waals surface area (Å²) in [5, 5.41) is 50.9. The minimum Gasteiger partial charge on any atom is -0.393 e. The Bertz CT molecular complexity index is 1430. The molecule has 41 heavy (non-hydrogen) atoms. The Hall–Kier alpha value is -1.26. The molecule has 5 fully saturated rings. The van der Waals surface area contributed by atoms with Crippen molar-refractivity contribution in [2.45, 2.75) is 67.8 Å². The van der Waals surface area contributed by atoms with E-state index in [0.29, 0.717) is 30.0 Å². The van der Waals surface area contributed by atoms with E-state index in [2.05, 4.69) is 20.4 Å². The maximum Gasteiger partial charge on any atom is 0.340 e. The smallest absolute Gasteiger partial charge is 0.340 e. The molecule has 0 aromatic carbocycles. The lowest BCUT2D eigenvalue weighted by atomic mass is 9.52. The summed E-state index contributed by atoms with van der Waals surface area (Å²) in [6.45, 7) is -1.94. The molecular weight excluding hydrogens is 608 g/mol. The van der Waals surface area contributed by atoms with Gasteiger partial charge in [0.25, 0.3) is 0 Å². The third kappa shape index (κ3) is 5.47. The summed E-state index contributed by atoms with van der Waals surface area (Å²) in [7, 11) is -9.73. The van der Waals surface area contributed by atoms with E-state index in [-0.39, 0.29) is 28.8 Å². The van der Waals surface area contributed by atoms with Crippen molar-refractivity contribution in [1.29, 1.82) is 0 Å². The molecule has 4 saturated carbocycles. The SMILES string of the molecule is O=P(O)(O)CP(=O)(O)OC[C@H]1OC(n2ncc3c(NC4C5CC6C[C@H]4CC(O)(C6)C5)nc(Cl)nc32)[C@H](O)[C@@]1(O)CO.